The van der Waals surface area contributed by atoms with Crippen molar-refractivity contribution in [2.45, 2.75) is 64.5 Å². The average molecular weight is 381 g/mol. The highest BCUT2D eigenvalue weighted by Gasteiger charge is 2.37. The van der Waals surface area contributed by atoms with Crippen LogP contribution in [0.25, 0.3) is 0 Å². The van der Waals surface area contributed by atoms with Crippen LogP contribution in [0.2, 0.25) is 0 Å². The fourth-order valence-electron chi connectivity index (χ4n) is 4.29. The lowest BCUT2D eigenvalue weighted by atomic mass is 10.1. The molecule has 1 saturated heterocycles. The lowest BCUT2D eigenvalue weighted by Gasteiger charge is -2.24. The Morgan fingerprint density at radius 3 is 2.82 bits per heavy atom. The number of anilines is 1. The van der Waals surface area contributed by atoms with Gasteiger partial charge in [-0.3, -0.25) is 9.59 Å². The highest BCUT2D eigenvalue weighted by Crippen LogP contribution is 2.32. The van der Waals surface area contributed by atoms with E-state index in [1.165, 1.54) is 6.42 Å². The van der Waals surface area contributed by atoms with Crippen LogP contribution in [-0.2, 0) is 29.0 Å². The van der Waals surface area contributed by atoms with E-state index >= 15 is 0 Å². The summed E-state index contributed by atoms with van der Waals surface area (Å²) in [6.07, 6.45) is 6.85. The van der Waals surface area contributed by atoms with Gasteiger partial charge < -0.3 is 14.8 Å². The van der Waals surface area contributed by atoms with Gasteiger partial charge in [0.2, 0.25) is 0 Å². The molecule has 4 rings (SSSR count). The standard InChI is InChI=1S/C21H27N5O2/c1-2-15-9-5-6-10-16(15)22-20(27)21(28)25-14-8-11-17(25)19-24-23-18-12-4-3-7-13-26(18)19/h5-6,9-10,17H,2-4,7-8,11-14H2,1H3,(H,22,27)/t17-/m1/s1. The van der Waals surface area contributed by atoms with E-state index in [0.717, 1.165) is 62.3 Å². The number of carbonyl (C=O) groups is 2. The summed E-state index contributed by atoms with van der Waals surface area (Å²) in [7, 11) is 0. The molecule has 0 spiro atoms. The number of nitrogens with zero attached hydrogens (tertiary/aromatic N) is 4. The molecule has 7 heteroatoms. The number of rotatable bonds is 3. The van der Waals surface area contributed by atoms with Crippen LogP contribution in [0.5, 0.6) is 0 Å². The number of para-hydroxylation sites is 1. The van der Waals surface area contributed by atoms with Gasteiger partial charge in [-0.05, 0) is 43.7 Å². The molecule has 1 fully saturated rings. The molecule has 0 radical (unpaired) electrons. The van der Waals surface area contributed by atoms with Crippen molar-refractivity contribution >= 4 is 17.5 Å². The topological polar surface area (TPSA) is 80.1 Å². The molecule has 1 aromatic carbocycles. The molecule has 148 valence electrons. The van der Waals surface area contributed by atoms with Crippen LogP contribution < -0.4 is 5.32 Å². The van der Waals surface area contributed by atoms with Crippen molar-refractivity contribution < 1.29 is 9.59 Å². The van der Waals surface area contributed by atoms with Crippen LogP contribution in [0.15, 0.2) is 24.3 Å². The molecule has 1 atom stereocenters. The van der Waals surface area contributed by atoms with Gasteiger partial charge in [-0.25, -0.2) is 0 Å². The number of benzene rings is 1. The van der Waals surface area contributed by atoms with Crippen LogP contribution in [0.1, 0.15) is 62.3 Å². The van der Waals surface area contributed by atoms with Crippen molar-refractivity contribution in [3.05, 3.63) is 41.5 Å². The first kappa shape index (κ1) is 18.7. The summed E-state index contributed by atoms with van der Waals surface area (Å²) in [6.45, 7) is 3.50. The fraction of sp³-hybridized carbons (Fsp3) is 0.524. The van der Waals surface area contributed by atoms with Gasteiger partial charge in [0.05, 0.1) is 6.04 Å². The van der Waals surface area contributed by atoms with E-state index in [1.54, 1.807) is 4.90 Å². The number of fused-ring (bicyclic) bond motifs is 1. The summed E-state index contributed by atoms with van der Waals surface area (Å²) in [4.78, 5) is 27.3. The summed E-state index contributed by atoms with van der Waals surface area (Å²) < 4.78 is 2.17. The number of amides is 2. The van der Waals surface area contributed by atoms with Crippen LogP contribution >= 0.6 is 0 Å². The van der Waals surface area contributed by atoms with E-state index in [4.69, 9.17) is 0 Å². The summed E-state index contributed by atoms with van der Waals surface area (Å²) in [5.41, 5.74) is 1.72. The van der Waals surface area contributed by atoms with Gasteiger partial charge in [-0.15, -0.1) is 10.2 Å². The van der Waals surface area contributed by atoms with Crippen molar-refractivity contribution in [3.63, 3.8) is 0 Å². The Hall–Kier alpha value is -2.70. The van der Waals surface area contributed by atoms with E-state index in [-0.39, 0.29) is 6.04 Å². The zero-order chi connectivity index (χ0) is 19.5. The van der Waals surface area contributed by atoms with Gasteiger partial charge in [0.15, 0.2) is 5.82 Å². The Bertz CT molecular complexity index is 875. The Balaban J connectivity index is 1.52. The molecule has 2 amide bonds. The normalized spacial score (nSPS) is 19.2. The monoisotopic (exact) mass is 381 g/mol. The average Bonchev–Trinajstić information content (AvgIpc) is 3.28. The summed E-state index contributed by atoms with van der Waals surface area (Å²) in [5.74, 6) is 0.778. The molecule has 0 aliphatic carbocycles. The van der Waals surface area contributed by atoms with Crippen molar-refractivity contribution in [2.75, 3.05) is 11.9 Å². The van der Waals surface area contributed by atoms with Crippen LogP contribution in [0.3, 0.4) is 0 Å². The number of carbonyl (C=O) groups excluding carboxylic acids is 2. The van der Waals surface area contributed by atoms with E-state index in [0.29, 0.717) is 12.2 Å². The van der Waals surface area contributed by atoms with Gasteiger partial charge >= 0.3 is 11.8 Å². The molecule has 0 saturated carbocycles. The molecular formula is C21H27N5O2. The van der Waals surface area contributed by atoms with E-state index in [1.807, 2.05) is 31.2 Å². The van der Waals surface area contributed by atoms with Gasteiger partial charge in [-0.2, -0.15) is 0 Å². The lowest BCUT2D eigenvalue weighted by molar-refractivity contribution is -0.143. The minimum Gasteiger partial charge on any atom is -0.324 e. The van der Waals surface area contributed by atoms with Gasteiger partial charge in [0.1, 0.15) is 5.82 Å². The van der Waals surface area contributed by atoms with Crippen LogP contribution in [0, 0.1) is 0 Å². The van der Waals surface area contributed by atoms with E-state index < -0.39 is 11.8 Å². The highest BCUT2D eigenvalue weighted by molar-refractivity contribution is 6.39. The third-order valence-electron chi connectivity index (χ3n) is 5.79. The summed E-state index contributed by atoms with van der Waals surface area (Å²) in [5, 5.41) is 11.6. The second kappa shape index (κ2) is 8.12. The fourth-order valence-corrected chi connectivity index (χ4v) is 4.29. The second-order valence-electron chi connectivity index (χ2n) is 7.56. The third kappa shape index (κ3) is 3.53. The first-order valence-corrected chi connectivity index (χ1v) is 10.3. The molecule has 1 N–H and O–H groups in total. The van der Waals surface area contributed by atoms with Crippen molar-refractivity contribution in [2.24, 2.45) is 0 Å². The predicted molar refractivity (Wildman–Crippen MR) is 106 cm³/mol. The van der Waals surface area contributed by atoms with Crippen molar-refractivity contribution in [1.82, 2.24) is 19.7 Å². The zero-order valence-corrected chi connectivity index (χ0v) is 16.4. The summed E-state index contributed by atoms with van der Waals surface area (Å²) >= 11 is 0. The molecular weight excluding hydrogens is 354 g/mol. The molecule has 2 aliphatic heterocycles. The Morgan fingerprint density at radius 2 is 1.96 bits per heavy atom. The quantitative estimate of drug-likeness (QED) is 0.829. The third-order valence-corrected chi connectivity index (χ3v) is 5.79. The number of nitrogens with one attached hydrogen (secondary N) is 1. The minimum absolute atomic E-state index is 0.168. The molecule has 3 heterocycles. The molecule has 0 unspecified atom stereocenters. The van der Waals surface area contributed by atoms with Gasteiger partial charge in [-0.1, -0.05) is 31.5 Å². The largest absolute Gasteiger partial charge is 0.324 e. The van der Waals surface area contributed by atoms with Gasteiger partial charge in [0.25, 0.3) is 0 Å². The molecule has 28 heavy (non-hydrogen) atoms. The first-order chi connectivity index (χ1) is 13.7. The minimum atomic E-state index is -0.580. The smallest absolute Gasteiger partial charge is 0.313 e. The predicted octanol–water partition coefficient (Wildman–Crippen LogP) is 2.87. The van der Waals surface area contributed by atoms with E-state index in [2.05, 4.69) is 20.1 Å². The lowest BCUT2D eigenvalue weighted by Crippen LogP contribution is -2.40. The van der Waals surface area contributed by atoms with Crippen molar-refractivity contribution in [3.8, 4) is 0 Å². The SMILES string of the molecule is CCc1ccccc1NC(=O)C(=O)N1CCC[C@@H]1c1nnc2n1CCCCC2. The number of hydrogen-bond donors (Lipinski definition) is 1. The van der Waals surface area contributed by atoms with E-state index in [9.17, 15) is 9.59 Å². The molecule has 1 aromatic heterocycles. The Morgan fingerprint density at radius 1 is 1.11 bits per heavy atom. The number of aromatic nitrogens is 3. The highest BCUT2D eigenvalue weighted by atomic mass is 16.2. The maximum Gasteiger partial charge on any atom is 0.313 e. The van der Waals surface area contributed by atoms with Crippen LogP contribution in [0.4, 0.5) is 5.69 Å². The van der Waals surface area contributed by atoms with Crippen LogP contribution in [-0.4, -0.2) is 38.0 Å². The second-order valence-corrected chi connectivity index (χ2v) is 7.56. The summed E-state index contributed by atoms with van der Waals surface area (Å²) in [6, 6.07) is 7.43. The Labute approximate surface area is 165 Å². The first-order valence-electron chi connectivity index (χ1n) is 10.3. The number of aryl methyl sites for hydroxylation is 2. The maximum absolute atomic E-state index is 12.9. The maximum atomic E-state index is 12.9. The number of likely N-dealkylation sites (tertiary alicyclic amines) is 1. The Kier molecular flexibility index (Phi) is 5.41. The molecule has 2 aromatic rings. The molecule has 2 aliphatic rings. The number of hydrogen-bond acceptors (Lipinski definition) is 4. The molecule has 7 nitrogen and oxygen atoms in total. The van der Waals surface area contributed by atoms with Gasteiger partial charge in [0, 0.05) is 25.2 Å². The molecule has 0 bridgehead atoms. The zero-order valence-electron chi connectivity index (χ0n) is 16.4. The van der Waals surface area contributed by atoms with Crippen molar-refractivity contribution in [1.29, 1.82) is 0 Å².